The van der Waals surface area contributed by atoms with Crippen LogP contribution in [0, 0.1) is 10.1 Å². The fourth-order valence-electron chi connectivity index (χ4n) is 2.15. The number of aliphatic hydroxyl groups excluding tert-OH is 2. The molecule has 0 amide bonds. The predicted molar refractivity (Wildman–Crippen MR) is 91.1 cm³/mol. The summed E-state index contributed by atoms with van der Waals surface area (Å²) in [6.07, 6.45) is -0.912. The van der Waals surface area contributed by atoms with Gasteiger partial charge in [-0.15, -0.1) is 0 Å². The van der Waals surface area contributed by atoms with E-state index in [0.29, 0.717) is 22.0 Å². The molecular weight excluding hydrogens is 332 g/mol. The molecule has 0 saturated carbocycles. The molecule has 0 saturated heterocycles. The number of aromatic nitrogens is 2. The number of benzene rings is 1. The first kappa shape index (κ1) is 16.2. The van der Waals surface area contributed by atoms with Gasteiger partial charge in [-0.1, -0.05) is 23.5 Å². The van der Waals surface area contributed by atoms with Crippen molar-refractivity contribution in [1.29, 1.82) is 0 Å². The lowest BCUT2D eigenvalue weighted by molar-refractivity contribution is -0.380. The Balaban J connectivity index is 2.03. The van der Waals surface area contributed by atoms with Crippen LogP contribution in [0.5, 0.6) is 0 Å². The quantitative estimate of drug-likeness (QED) is 0.461. The predicted octanol–water partition coefficient (Wildman–Crippen LogP) is 2.03. The number of hydrogen-bond donors (Lipinski definition) is 3. The number of hydrogen-bond acceptors (Lipinski definition) is 8. The summed E-state index contributed by atoms with van der Waals surface area (Å²) in [5.74, 6) is 0.868. The first-order valence-corrected chi connectivity index (χ1v) is 7.94. The van der Waals surface area contributed by atoms with Crippen LogP contribution in [-0.2, 0) is 0 Å². The first-order chi connectivity index (χ1) is 11.6. The van der Waals surface area contributed by atoms with Crippen LogP contribution in [0.1, 0.15) is 0 Å². The second-order valence-electron chi connectivity index (χ2n) is 5.03. The lowest BCUT2D eigenvalue weighted by atomic mass is 10.2. The van der Waals surface area contributed by atoms with Gasteiger partial charge < -0.3 is 15.5 Å². The number of aliphatic hydroxyl groups is 2. The van der Waals surface area contributed by atoms with Crippen LogP contribution in [0.25, 0.3) is 21.6 Å². The zero-order valence-electron chi connectivity index (χ0n) is 12.4. The smallest absolute Gasteiger partial charge is 0.324 e. The number of nitro groups is 1. The van der Waals surface area contributed by atoms with Gasteiger partial charge in [-0.25, -0.2) is 9.97 Å². The van der Waals surface area contributed by atoms with Crippen molar-refractivity contribution in [2.24, 2.45) is 0 Å². The molecule has 2 heterocycles. The van der Waals surface area contributed by atoms with E-state index in [0.717, 1.165) is 16.7 Å². The summed E-state index contributed by atoms with van der Waals surface area (Å²) in [5.41, 5.74) is 0.680. The average molecular weight is 346 g/mol. The van der Waals surface area contributed by atoms with E-state index in [1.54, 1.807) is 6.07 Å². The second kappa shape index (κ2) is 6.87. The molecule has 1 aromatic carbocycles. The van der Waals surface area contributed by atoms with Crippen LogP contribution in [0.4, 0.5) is 10.8 Å². The van der Waals surface area contributed by atoms with E-state index in [9.17, 15) is 15.2 Å². The van der Waals surface area contributed by atoms with Gasteiger partial charge in [-0.3, -0.25) is 10.1 Å². The van der Waals surface area contributed by atoms with Crippen molar-refractivity contribution in [3.63, 3.8) is 0 Å². The lowest BCUT2D eigenvalue weighted by Gasteiger charge is -2.12. The first-order valence-electron chi connectivity index (χ1n) is 7.12. The summed E-state index contributed by atoms with van der Waals surface area (Å²) in [5, 5.41) is 33.1. The Kier molecular flexibility index (Phi) is 4.65. The van der Waals surface area contributed by atoms with Crippen molar-refractivity contribution >= 4 is 33.1 Å². The number of nitrogens with zero attached hydrogens (tertiary/aromatic N) is 3. The molecule has 0 fully saturated rings. The molecule has 3 N–H and O–H groups in total. The fraction of sp³-hybridized carbons (Fsp3) is 0.200. The third-order valence-corrected chi connectivity index (χ3v) is 4.34. The van der Waals surface area contributed by atoms with Crippen LogP contribution < -0.4 is 5.32 Å². The Morgan fingerprint density at radius 1 is 1.25 bits per heavy atom. The Morgan fingerprint density at radius 2 is 2.04 bits per heavy atom. The van der Waals surface area contributed by atoms with Crippen LogP contribution in [0.2, 0.25) is 0 Å². The largest absolute Gasteiger partial charge is 0.394 e. The fourth-order valence-corrected chi connectivity index (χ4v) is 2.90. The molecule has 0 spiro atoms. The standard InChI is InChI=1S/C15H14N4O4S/c20-8-9(21)7-16-14-10-3-1-2-4-11(10)17-15(18-14)12-5-6-13(24-12)19(22)23/h1-6,9,20-21H,7-8H2,(H,16,17,18)/t9-/m0/s1. The molecule has 9 heteroatoms. The van der Waals surface area contributed by atoms with E-state index in [-0.39, 0.29) is 18.2 Å². The molecule has 3 rings (SSSR count). The molecule has 2 aromatic heterocycles. The van der Waals surface area contributed by atoms with Crippen LogP contribution in [0.3, 0.4) is 0 Å². The highest BCUT2D eigenvalue weighted by Crippen LogP contribution is 2.32. The van der Waals surface area contributed by atoms with Gasteiger partial charge >= 0.3 is 5.00 Å². The second-order valence-corrected chi connectivity index (χ2v) is 6.09. The number of rotatable bonds is 6. The monoisotopic (exact) mass is 346 g/mol. The number of para-hydroxylation sites is 1. The molecule has 0 aliphatic carbocycles. The van der Waals surface area contributed by atoms with E-state index in [4.69, 9.17) is 5.11 Å². The molecule has 3 aromatic rings. The highest BCUT2D eigenvalue weighted by atomic mass is 32.1. The number of fused-ring (bicyclic) bond motifs is 1. The minimum atomic E-state index is -0.912. The van der Waals surface area contributed by atoms with Gasteiger partial charge in [0, 0.05) is 18.0 Å². The minimum absolute atomic E-state index is 0.0203. The van der Waals surface area contributed by atoms with Gasteiger partial charge in [-0.05, 0) is 18.2 Å². The van der Waals surface area contributed by atoms with E-state index in [2.05, 4.69) is 15.3 Å². The van der Waals surface area contributed by atoms with E-state index >= 15 is 0 Å². The van der Waals surface area contributed by atoms with Crippen molar-refractivity contribution in [1.82, 2.24) is 9.97 Å². The third-order valence-electron chi connectivity index (χ3n) is 3.31. The molecule has 1 atom stereocenters. The molecule has 0 unspecified atom stereocenters. The Morgan fingerprint density at radius 3 is 2.75 bits per heavy atom. The van der Waals surface area contributed by atoms with E-state index < -0.39 is 11.0 Å². The molecule has 124 valence electrons. The summed E-state index contributed by atoms with van der Waals surface area (Å²) >= 11 is 0.999. The highest BCUT2D eigenvalue weighted by Gasteiger charge is 2.15. The molecule has 24 heavy (non-hydrogen) atoms. The van der Waals surface area contributed by atoms with Crippen molar-refractivity contribution in [3.05, 3.63) is 46.5 Å². The number of anilines is 1. The molecule has 0 radical (unpaired) electrons. The zero-order chi connectivity index (χ0) is 17.1. The van der Waals surface area contributed by atoms with Crippen LogP contribution in [-0.4, -0.2) is 44.4 Å². The topological polar surface area (TPSA) is 121 Å². The minimum Gasteiger partial charge on any atom is -0.394 e. The summed E-state index contributed by atoms with van der Waals surface area (Å²) in [6.45, 7) is -0.235. The van der Waals surface area contributed by atoms with Gasteiger partial charge in [0.05, 0.1) is 28.0 Å². The average Bonchev–Trinajstić information content (AvgIpc) is 3.09. The maximum absolute atomic E-state index is 10.8. The van der Waals surface area contributed by atoms with Gasteiger partial charge in [0.2, 0.25) is 0 Å². The van der Waals surface area contributed by atoms with Crippen molar-refractivity contribution in [3.8, 4) is 10.7 Å². The van der Waals surface area contributed by atoms with Crippen LogP contribution in [0.15, 0.2) is 36.4 Å². The molecule has 0 aliphatic rings. The van der Waals surface area contributed by atoms with Crippen molar-refractivity contribution in [2.75, 3.05) is 18.5 Å². The van der Waals surface area contributed by atoms with Crippen LogP contribution >= 0.6 is 11.3 Å². The normalized spacial score (nSPS) is 12.2. The number of nitrogens with one attached hydrogen (secondary N) is 1. The summed E-state index contributed by atoms with van der Waals surface area (Å²) in [7, 11) is 0. The van der Waals surface area contributed by atoms with E-state index in [1.165, 1.54) is 6.07 Å². The van der Waals surface area contributed by atoms with Gasteiger partial charge in [-0.2, -0.15) is 0 Å². The summed E-state index contributed by atoms with van der Waals surface area (Å²) in [6, 6.07) is 10.4. The number of thiophene rings is 1. The Labute approximate surface area is 140 Å². The Hall–Kier alpha value is -2.62. The summed E-state index contributed by atoms with van der Waals surface area (Å²) < 4.78 is 0. The van der Waals surface area contributed by atoms with Gasteiger partial charge in [0.15, 0.2) is 5.82 Å². The van der Waals surface area contributed by atoms with Gasteiger partial charge in [0.1, 0.15) is 5.82 Å². The van der Waals surface area contributed by atoms with Crippen molar-refractivity contribution in [2.45, 2.75) is 6.10 Å². The third kappa shape index (κ3) is 3.32. The molecule has 0 aliphatic heterocycles. The maximum Gasteiger partial charge on any atom is 0.324 e. The zero-order valence-corrected chi connectivity index (χ0v) is 13.2. The van der Waals surface area contributed by atoms with Crippen molar-refractivity contribution < 1.29 is 15.1 Å². The summed E-state index contributed by atoms with van der Waals surface area (Å²) in [4.78, 5) is 19.8. The van der Waals surface area contributed by atoms with Gasteiger partial charge in [0.25, 0.3) is 0 Å². The molecule has 0 bridgehead atoms. The Bertz CT molecular complexity index is 883. The molecular formula is C15H14N4O4S. The molecule has 8 nitrogen and oxygen atoms in total. The lowest BCUT2D eigenvalue weighted by Crippen LogP contribution is -2.23. The SMILES string of the molecule is O=[N+]([O-])c1ccc(-c2nc(NC[C@H](O)CO)c3ccccc3n2)s1. The maximum atomic E-state index is 10.8. The van der Waals surface area contributed by atoms with E-state index in [1.807, 2.05) is 24.3 Å². The highest BCUT2D eigenvalue weighted by molar-refractivity contribution is 7.18.